The molecule has 0 saturated carbocycles. The van der Waals surface area contributed by atoms with Gasteiger partial charge >= 0.3 is 5.97 Å². The van der Waals surface area contributed by atoms with Gasteiger partial charge in [-0.2, -0.15) is 0 Å². The lowest BCUT2D eigenvalue weighted by molar-refractivity contribution is 0.0691. The molecule has 0 aliphatic heterocycles. The summed E-state index contributed by atoms with van der Waals surface area (Å²) in [5.74, 6) is -0.0833. The van der Waals surface area contributed by atoms with E-state index >= 15 is 0 Å². The van der Waals surface area contributed by atoms with Crippen LogP contribution in [0.1, 0.15) is 47.8 Å². The topological polar surface area (TPSA) is 55.8 Å². The van der Waals surface area contributed by atoms with Crippen molar-refractivity contribution in [2.75, 3.05) is 0 Å². The van der Waals surface area contributed by atoms with E-state index in [1.807, 2.05) is 81.4 Å². The van der Waals surface area contributed by atoms with E-state index in [4.69, 9.17) is 9.47 Å². The van der Waals surface area contributed by atoms with Crippen LogP contribution >= 0.6 is 0 Å². The van der Waals surface area contributed by atoms with Gasteiger partial charge in [0.1, 0.15) is 30.3 Å². The summed E-state index contributed by atoms with van der Waals surface area (Å²) in [6.07, 6.45) is 0. The smallest absolute Gasteiger partial charge is 0.339 e. The molecule has 0 amide bonds. The summed E-state index contributed by atoms with van der Waals surface area (Å²) in [6.45, 7) is 6.79. The van der Waals surface area contributed by atoms with Crippen molar-refractivity contribution in [3.63, 3.8) is 0 Å². The first-order chi connectivity index (χ1) is 13.8. The first-order valence-electron chi connectivity index (χ1n) is 9.60. The van der Waals surface area contributed by atoms with Crippen LogP contribution in [0.2, 0.25) is 0 Å². The summed E-state index contributed by atoms with van der Waals surface area (Å²) in [5.41, 5.74) is 2.70. The summed E-state index contributed by atoms with van der Waals surface area (Å²) >= 11 is 0. The van der Waals surface area contributed by atoms with Crippen molar-refractivity contribution in [2.24, 2.45) is 0 Å². The Balaban J connectivity index is 1.94. The van der Waals surface area contributed by atoms with Gasteiger partial charge in [-0.3, -0.25) is 0 Å². The van der Waals surface area contributed by atoms with Crippen molar-refractivity contribution in [1.29, 1.82) is 0 Å². The molecule has 0 aromatic heterocycles. The van der Waals surface area contributed by atoms with Crippen LogP contribution in [-0.4, -0.2) is 11.1 Å². The average Bonchev–Trinajstić information content (AvgIpc) is 2.71. The number of ether oxygens (including phenoxy) is 2. The molecule has 0 unspecified atom stereocenters. The third-order valence-corrected chi connectivity index (χ3v) is 4.59. The molecule has 4 heteroatoms. The van der Waals surface area contributed by atoms with E-state index in [1.54, 1.807) is 12.1 Å². The predicted octanol–water partition coefficient (Wildman–Crippen LogP) is 5.84. The van der Waals surface area contributed by atoms with Gasteiger partial charge in [0.05, 0.1) is 0 Å². The highest BCUT2D eigenvalue weighted by Gasteiger charge is 2.24. The molecule has 0 saturated heterocycles. The normalized spacial score (nSPS) is 11.1. The van der Waals surface area contributed by atoms with Gasteiger partial charge in [0.2, 0.25) is 0 Å². The lowest BCUT2D eigenvalue weighted by Crippen LogP contribution is -2.16. The average molecular weight is 390 g/mol. The lowest BCUT2D eigenvalue weighted by atomic mass is 9.85. The zero-order valence-electron chi connectivity index (χ0n) is 17.0. The van der Waals surface area contributed by atoms with Crippen LogP contribution in [0.5, 0.6) is 11.5 Å². The van der Waals surface area contributed by atoms with Crippen molar-refractivity contribution in [3.8, 4) is 11.5 Å². The number of carbonyl (C=O) groups is 1. The van der Waals surface area contributed by atoms with E-state index in [1.165, 1.54) is 0 Å². The van der Waals surface area contributed by atoms with E-state index < -0.39 is 5.97 Å². The number of carboxylic acid groups (broad SMARTS) is 1. The quantitative estimate of drug-likeness (QED) is 0.551. The fraction of sp³-hybridized carbons (Fsp3) is 0.240. The molecular weight excluding hydrogens is 364 g/mol. The molecule has 1 N–H and O–H groups in total. The van der Waals surface area contributed by atoms with Crippen molar-refractivity contribution in [3.05, 3.63) is 95.1 Å². The van der Waals surface area contributed by atoms with Crippen LogP contribution in [0.4, 0.5) is 0 Å². The third-order valence-electron chi connectivity index (χ3n) is 4.59. The Morgan fingerprint density at radius 1 is 0.793 bits per heavy atom. The largest absolute Gasteiger partial charge is 0.488 e. The van der Waals surface area contributed by atoms with Crippen LogP contribution < -0.4 is 9.47 Å². The molecule has 0 aliphatic carbocycles. The molecule has 3 aromatic rings. The maximum absolute atomic E-state index is 11.9. The molecular formula is C25H26O4. The molecule has 150 valence electrons. The van der Waals surface area contributed by atoms with E-state index in [0.717, 1.165) is 16.7 Å². The molecule has 3 aromatic carbocycles. The van der Waals surface area contributed by atoms with Gasteiger partial charge in [-0.25, -0.2) is 4.79 Å². The third kappa shape index (κ3) is 5.38. The van der Waals surface area contributed by atoms with E-state index in [0.29, 0.717) is 18.1 Å². The van der Waals surface area contributed by atoms with E-state index in [2.05, 4.69) is 0 Å². The van der Waals surface area contributed by atoms with Gasteiger partial charge in [-0.05, 0) is 22.6 Å². The number of rotatable bonds is 7. The predicted molar refractivity (Wildman–Crippen MR) is 114 cm³/mol. The second-order valence-corrected chi connectivity index (χ2v) is 7.95. The molecule has 0 heterocycles. The molecule has 0 atom stereocenters. The van der Waals surface area contributed by atoms with Gasteiger partial charge in [-0.15, -0.1) is 0 Å². The SMILES string of the molecule is CC(C)(C)c1cc(C(=O)O)c(OCc2ccccc2)cc1OCc1ccccc1. The number of aromatic carboxylic acids is 1. The Labute approximate surface area is 171 Å². The summed E-state index contributed by atoms with van der Waals surface area (Å²) in [5, 5.41) is 9.73. The number of benzene rings is 3. The molecule has 0 aliphatic rings. The van der Waals surface area contributed by atoms with Crippen molar-refractivity contribution in [2.45, 2.75) is 39.4 Å². The maximum atomic E-state index is 11.9. The van der Waals surface area contributed by atoms with Crippen molar-refractivity contribution < 1.29 is 19.4 Å². The highest BCUT2D eigenvalue weighted by atomic mass is 16.5. The highest BCUT2D eigenvalue weighted by molar-refractivity contribution is 5.91. The fourth-order valence-corrected chi connectivity index (χ4v) is 3.02. The molecule has 29 heavy (non-hydrogen) atoms. The molecule has 4 nitrogen and oxygen atoms in total. The summed E-state index contributed by atoms with van der Waals surface area (Å²) in [4.78, 5) is 11.9. The molecule has 0 fully saturated rings. The van der Waals surface area contributed by atoms with Crippen LogP contribution in [0.3, 0.4) is 0 Å². The van der Waals surface area contributed by atoms with Gasteiger partial charge in [0.15, 0.2) is 0 Å². The van der Waals surface area contributed by atoms with Crippen LogP contribution in [-0.2, 0) is 18.6 Å². The minimum atomic E-state index is -1.02. The van der Waals surface area contributed by atoms with Crippen molar-refractivity contribution in [1.82, 2.24) is 0 Å². The van der Waals surface area contributed by atoms with Gasteiger partial charge in [0.25, 0.3) is 0 Å². The zero-order valence-corrected chi connectivity index (χ0v) is 17.0. The standard InChI is InChI=1S/C25H26O4/c1-25(2,3)21-14-20(24(26)27)22(28-16-18-10-6-4-7-11-18)15-23(21)29-17-19-12-8-5-9-13-19/h4-15H,16-17H2,1-3H3,(H,26,27). The number of carboxylic acids is 1. The zero-order chi connectivity index (χ0) is 20.9. The Morgan fingerprint density at radius 3 is 1.72 bits per heavy atom. The second kappa shape index (κ2) is 8.82. The van der Waals surface area contributed by atoms with Crippen LogP contribution in [0, 0.1) is 0 Å². The fourth-order valence-electron chi connectivity index (χ4n) is 3.02. The first-order valence-corrected chi connectivity index (χ1v) is 9.60. The Bertz CT molecular complexity index is 957. The second-order valence-electron chi connectivity index (χ2n) is 7.95. The first kappa shape index (κ1) is 20.5. The van der Waals surface area contributed by atoms with Crippen LogP contribution in [0.25, 0.3) is 0 Å². The van der Waals surface area contributed by atoms with E-state index in [-0.39, 0.29) is 17.6 Å². The van der Waals surface area contributed by atoms with Gasteiger partial charge in [0, 0.05) is 11.6 Å². The summed E-state index contributed by atoms with van der Waals surface area (Å²) in [6, 6.07) is 22.9. The Hall–Kier alpha value is -3.27. The number of hydrogen-bond acceptors (Lipinski definition) is 3. The van der Waals surface area contributed by atoms with Gasteiger partial charge < -0.3 is 14.6 Å². The number of hydrogen-bond donors (Lipinski definition) is 1. The molecule has 0 spiro atoms. The minimum absolute atomic E-state index is 0.137. The van der Waals surface area contributed by atoms with Crippen LogP contribution in [0.15, 0.2) is 72.8 Å². The minimum Gasteiger partial charge on any atom is -0.488 e. The lowest BCUT2D eigenvalue weighted by Gasteiger charge is -2.24. The molecule has 0 bridgehead atoms. The molecule has 0 radical (unpaired) electrons. The molecule has 3 rings (SSSR count). The Kier molecular flexibility index (Phi) is 6.23. The summed E-state index contributed by atoms with van der Waals surface area (Å²) < 4.78 is 12.0. The van der Waals surface area contributed by atoms with E-state index in [9.17, 15) is 9.90 Å². The van der Waals surface area contributed by atoms with Crippen molar-refractivity contribution >= 4 is 5.97 Å². The maximum Gasteiger partial charge on any atom is 0.339 e. The van der Waals surface area contributed by atoms with Gasteiger partial charge in [-0.1, -0.05) is 81.4 Å². The monoisotopic (exact) mass is 390 g/mol. The Morgan fingerprint density at radius 2 is 1.28 bits per heavy atom. The highest BCUT2D eigenvalue weighted by Crippen LogP contribution is 2.37. The summed E-state index contributed by atoms with van der Waals surface area (Å²) in [7, 11) is 0.